The summed E-state index contributed by atoms with van der Waals surface area (Å²) in [5.74, 6) is 0. The minimum Gasteiger partial charge on any atom is -0.348 e. The van der Waals surface area contributed by atoms with Crippen LogP contribution in [0.5, 0.6) is 0 Å². The van der Waals surface area contributed by atoms with E-state index in [-0.39, 0.29) is 0 Å². The van der Waals surface area contributed by atoms with Crippen molar-refractivity contribution in [1.29, 1.82) is 0 Å². The van der Waals surface area contributed by atoms with Crippen LogP contribution in [0.4, 0.5) is 0 Å². The van der Waals surface area contributed by atoms with Gasteiger partial charge in [0.05, 0.1) is 6.04 Å². The Balaban J connectivity index is 2.04. The minimum absolute atomic E-state index is 0.321. The molecular formula is C13H13BrN2. The molecule has 0 fully saturated rings. The van der Waals surface area contributed by atoms with Gasteiger partial charge in [-0.1, -0.05) is 28.1 Å². The molecule has 1 N–H and O–H groups in total. The van der Waals surface area contributed by atoms with Gasteiger partial charge in [-0.15, -0.1) is 0 Å². The van der Waals surface area contributed by atoms with E-state index in [1.807, 2.05) is 0 Å². The SMILES string of the molecule is Brc1cccc(C2NCCn3cccc32)c1. The molecule has 1 aliphatic heterocycles. The molecule has 0 aliphatic carbocycles. The third kappa shape index (κ3) is 1.70. The average molecular weight is 277 g/mol. The number of nitrogens with zero attached hydrogens (tertiary/aromatic N) is 1. The number of nitrogens with one attached hydrogen (secondary N) is 1. The molecule has 16 heavy (non-hydrogen) atoms. The zero-order chi connectivity index (χ0) is 11.0. The Kier molecular flexibility index (Phi) is 2.58. The lowest BCUT2D eigenvalue weighted by molar-refractivity contribution is 0.467. The molecular weight excluding hydrogens is 264 g/mol. The van der Waals surface area contributed by atoms with Gasteiger partial charge in [0.25, 0.3) is 0 Å². The van der Waals surface area contributed by atoms with Crippen molar-refractivity contribution in [2.24, 2.45) is 0 Å². The van der Waals surface area contributed by atoms with E-state index < -0.39 is 0 Å². The van der Waals surface area contributed by atoms with Crippen LogP contribution in [0.3, 0.4) is 0 Å². The van der Waals surface area contributed by atoms with Crippen LogP contribution >= 0.6 is 15.9 Å². The van der Waals surface area contributed by atoms with Gasteiger partial charge in [0.2, 0.25) is 0 Å². The molecule has 0 bridgehead atoms. The topological polar surface area (TPSA) is 17.0 Å². The Hall–Kier alpha value is -1.06. The summed E-state index contributed by atoms with van der Waals surface area (Å²) in [5, 5.41) is 3.56. The number of hydrogen-bond donors (Lipinski definition) is 1. The van der Waals surface area contributed by atoms with Gasteiger partial charge in [-0.25, -0.2) is 0 Å². The van der Waals surface area contributed by atoms with Crippen molar-refractivity contribution < 1.29 is 0 Å². The molecule has 0 amide bonds. The molecule has 82 valence electrons. The highest BCUT2D eigenvalue weighted by atomic mass is 79.9. The number of aromatic nitrogens is 1. The second kappa shape index (κ2) is 4.07. The van der Waals surface area contributed by atoms with Crippen molar-refractivity contribution in [3.8, 4) is 0 Å². The normalized spacial score (nSPS) is 19.4. The molecule has 1 aromatic carbocycles. The number of hydrogen-bond acceptors (Lipinski definition) is 1. The molecule has 1 unspecified atom stereocenters. The van der Waals surface area contributed by atoms with E-state index in [0.29, 0.717) is 6.04 Å². The Bertz CT molecular complexity index is 504. The summed E-state index contributed by atoms with van der Waals surface area (Å²) in [7, 11) is 0. The van der Waals surface area contributed by atoms with E-state index in [1.54, 1.807) is 0 Å². The lowest BCUT2D eigenvalue weighted by Crippen LogP contribution is -2.33. The molecule has 0 radical (unpaired) electrons. The zero-order valence-electron chi connectivity index (χ0n) is 8.86. The maximum atomic E-state index is 3.56. The van der Waals surface area contributed by atoms with Crippen molar-refractivity contribution in [1.82, 2.24) is 9.88 Å². The van der Waals surface area contributed by atoms with Gasteiger partial charge < -0.3 is 9.88 Å². The van der Waals surface area contributed by atoms with Gasteiger partial charge in [0.1, 0.15) is 0 Å². The van der Waals surface area contributed by atoms with Gasteiger partial charge >= 0.3 is 0 Å². The highest BCUT2D eigenvalue weighted by Gasteiger charge is 2.20. The van der Waals surface area contributed by atoms with Gasteiger partial charge in [-0.3, -0.25) is 0 Å². The van der Waals surface area contributed by atoms with Crippen LogP contribution in [0.15, 0.2) is 47.1 Å². The van der Waals surface area contributed by atoms with E-state index in [0.717, 1.165) is 17.6 Å². The third-order valence-electron chi connectivity index (χ3n) is 3.04. The van der Waals surface area contributed by atoms with E-state index in [2.05, 4.69) is 68.4 Å². The van der Waals surface area contributed by atoms with E-state index in [1.165, 1.54) is 11.3 Å². The van der Waals surface area contributed by atoms with Gasteiger partial charge in [0, 0.05) is 29.5 Å². The largest absolute Gasteiger partial charge is 0.348 e. The predicted octanol–water partition coefficient (Wildman–Crippen LogP) is 2.94. The third-order valence-corrected chi connectivity index (χ3v) is 3.54. The molecule has 0 saturated carbocycles. The van der Waals surface area contributed by atoms with Crippen molar-refractivity contribution in [2.45, 2.75) is 12.6 Å². The first kappa shape index (κ1) is 10.1. The highest BCUT2D eigenvalue weighted by Crippen LogP contribution is 2.26. The summed E-state index contributed by atoms with van der Waals surface area (Å²) >= 11 is 3.52. The summed E-state index contributed by atoms with van der Waals surface area (Å²) in [6, 6.07) is 13.1. The van der Waals surface area contributed by atoms with Crippen LogP contribution in [0.25, 0.3) is 0 Å². The fourth-order valence-corrected chi connectivity index (χ4v) is 2.72. The fourth-order valence-electron chi connectivity index (χ4n) is 2.30. The van der Waals surface area contributed by atoms with Crippen molar-refractivity contribution in [3.63, 3.8) is 0 Å². The summed E-state index contributed by atoms with van der Waals surface area (Å²) in [4.78, 5) is 0. The first-order chi connectivity index (χ1) is 7.84. The van der Waals surface area contributed by atoms with Crippen molar-refractivity contribution >= 4 is 15.9 Å². The van der Waals surface area contributed by atoms with E-state index in [9.17, 15) is 0 Å². The second-order valence-corrected chi connectivity index (χ2v) is 4.98. The Morgan fingerprint density at radius 2 is 2.19 bits per heavy atom. The van der Waals surface area contributed by atoms with E-state index >= 15 is 0 Å². The summed E-state index contributed by atoms with van der Waals surface area (Å²) in [6.45, 7) is 2.09. The average Bonchev–Trinajstić information content (AvgIpc) is 2.76. The monoisotopic (exact) mass is 276 g/mol. The van der Waals surface area contributed by atoms with Crippen molar-refractivity contribution in [3.05, 3.63) is 58.3 Å². The van der Waals surface area contributed by atoms with Crippen LogP contribution in [0.2, 0.25) is 0 Å². The molecule has 2 nitrogen and oxygen atoms in total. The lowest BCUT2D eigenvalue weighted by atomic mass is 10.0. The first-order valence-electron chi connectivity index (χ1n) is 5.48. The fraction of sp³-hybridized carbons (Fsp3) is 0.231. The summed E-state index contributed by atoms with van der Waals surface area (Å²) in [5.41, 5.74) is 2.67. The van der Waals surface area contributed by atoms with Crippen LogP contribution in [0, 0.1) is 0 Å². The van der Waals surface area contributed by atoms with Gasteiger partial charge in [0.15, 0.2) is 0 Å². The number of rotatable bonds is 1. The van der Waals surface area contributed by atoms with Crippen LogP contribution in [0.1, 0.15) is 17.3 Å². The van der Waals surface area contributed by atoms with Crippen LogP contribution < -0.4 is 5.32 Å². The standard InChI is InChI=1S/C13H13BrN2/c14-11-4-1-3-10(9-11)13-12-5-2-7-16(12)8-6-15-13/h1-5,7,9,13,15H,6,8H2. The maximum absolute atomic E-state index is 3.56. The molecule has 1 aromatic heterocycles. The van der Waals surface area contributed by atoms with Crippen LogP contribution in [-0.2, 0) is 6.54 Å². The number of halogens is 1. The van der Waals surface area contributed by atoms with E-state index in [4.69, 9.17) is 0 Å². The molecule has 1 atom stereocenters. The zero-order valence-corrected chi connectivity index (χ0v) is 10.4. The van der Waals surface area contributed by atoms with Crippen LogP contribution in [-0.4, -0.2) is 11.1 Å². The maximum Gasteiger partial charge on any atom is 0.0732 e. The molecule has 3 heteroatoms. The molecule has 0 saturated heterocycles. The number of benzene rings is 1. The summed E-state index contributed by atoms with van der Waals surface area (Å²) in [6.07, 6.45) is 2.15. The van der Waals surface area contributed by atoms with Crippen molar-refractivity contribution in [2.75, 3.05) is 6.54 Å². The lowest BCUT2D eigenvalue weighted by Gasteiger charge is -2.26. The molecule has 3 rings (SSSR count). The minimum atomic E-state index is 0.321. The highest BCUT2D eigenvalue weighted by molar-refractivity contribution is 9.10. The first-order valence-corrected chi connectivity index (χ1v) is 6.28. The summed E-state index contributed by atoms with van der Waals surface area (Å²) < 4.78 is 3.46. The molecule has 1 aliphatic rings. The van der Waals surface area contributed by atoms with Gasteiger partial charge in [-0.2, -0.15) is 0 Å². The smallest absolute Gasteiger partial charge is 0.0732 e. The second-order valence-electron chi connectivity index (χ2n) is 4.07. The molecule has 0 spiro atoms. The Morgan fingerprint density at radius 1 is 1.25 bits per heavy atom. The number of fused-ring (bicyclic) bond motifs is 1. The quantitative estimate of drug-likeness (QED) is 0.848. The molecule has 2 heterocycles. The molecule has 2 aromatic rings. The Morgan fingerprint density at radius 3 is 3.06 bits per heavy atom. The Labute approximate surface area is 103 Å². The predicted molar refractivity (Wildman–Crippen MR) is 68.4 cm³/mol. The van der Waals surface area contributed by atoms with Gasteiger partial charge in [-0.05, 0) is 29.8 Å².